The Morgan fingerprint density at radius 2 is 1.60 bits per heavy atom. The fourth-order valence-electron chi connectivity index (χ4n) is 4.35. The van der Waals surface area contributed by atoms with E-state index in [-0.39, 0.29) is 22.3 Å². The number of anilines is 1. The van der Waals surface area contributed by atoms with Crippen molar-refractivity contribution in [2.75, 3.05) is 4.90 Å². The molecule has 35 heavy (non-hydrogen) atoms. The number of carbonyl (C=O) groups excluding carboxylic acids is 2. The fourth-order valence-corrected chi connectivity index (χ4v) is 4.52. The minimum atomic E-state index is -0.883. The van der Waals surface area contributed by atoms with Crippen molar-refractivity contribution in [1.29, 1.82) is 0 Å². The summed E-state index contributed by atoms with van der Waals surface area (Å²) in [5.41, 5.74) is 3.44. The lowest BCUT2D eigenvalue weighted by Crippen LogP contribution is -2.30. The molecule has 0 bridgehead atoms. The van der Waals surface area contributed by atoms with Gasteiger partial charge in [0.1, 0.15) is 11.6 Å². The molecule has 0 saturated carbocycles. The summed E-state index contributed by atoms with van der Waals surface area (Å²) in [7, 11) is 0. The molecule has 1 heterocycles. The number of Topliss-reactive ketones (excluding diaryl/α,β-unsaturated/α-hetero) is 1. The number of hydrogen-bond donors (Lipinski definition) is 1. The van der Waals surface area contributed by atoms with Crippen LogP contribution in [0.1, 0.15) is 54.6 Å². The average molecular weight is 492 g/mol. The van der Waals surface area contributed by atoms with Crippen LogP contribution in [-0.2, 0) is 15.0 Å². The number of amides is 1. The average Bonchev–Trinajstić information content (AvgIpc) is 3.06. The molecule has 1 aliphatic heterocycles. The number of aliphatic hydroxyl groups excluding tert-OH is 1. The summed E-state index contributed by atoms with van der Waals surface area (Å²) in [4.78, 5) is 28.1. The van der Waals surface area contributed by atoms with Gasteiger partial charge in [0.15, 0.2) is 0 Å². The molecule has 0 radical (unpaired) electrons. The van der Waals surface area contributed by atoms with Gasteiger partial charge in [0.2, 0.25) is 0 Å². The third kappa shape index (κ3) is 4.48. The van der Waals surface area contributed by atoms with Crippen molar-refractivity contribution in [1.82, 2.24) is 0 Å². The van der Waals surface area contributed by atoms with Crippen molar-refractivity contribution < 1.29 is 19.1 Å². The number of benzene rings is 3. The van der Waals surface area contributed by atoms with Crippen LogP contribution in [-0.4, -0.2) is 16.8 Å². The quantitative estimate of drug-likeness (QED) is 0.243. The van der Waals surface area contributed by atoms with E-state index in [0.717, 1.165) is 11.1 Å². The monoisotopic (exact) mass is 491 g/mol. The third-order valence-corrected chi connectivity index (χ3v) is 6.63. The lowest BCUT2D eigenvalue weighted by atomic mass is 9.85. The molecule has 0 aliphatic carbocycles. The molecule has 1 N–H and O–H groups in total. The van der Waals surface area contributed by atoms with Crippen LogP contribution >= 0.6 is 11.6 Å². The summed E-state index contributed by atoms with van der Waals surface area (Å²) in [5.74, 6) is -2.35. The Kier molecular flexibility index (Phi) is 6.32. The van der Waals surface area contributed by atoms with Gasteiger partial charge in [0.25, 0.3) is 11.7 Å². The summed E-state index contributed by atoms with van der Waals surface area (Å²) in [5, 5.41) is 11.7. The van der Waals surface area contributed by atoms with Crippen LogP contribution in [0.3, 0.4) is 0 Å². The molecule has 6 heteroatoms. The molecule has 1 saturated heterocycles. The molecule has 4 rings (SSSR count). The number of nitrogens with zero attached hydrogens (tertiary/aromatic N) is 1. The van der Waals surface area contributed by atoms with E-state index >= 15 is 0 Å². The van der Waals surface area contributed by atoms with E-state index in [1.165, 1.54) is 23.1 Å². The van der Waals surface area contributed by atoms with Gasteiger partial charge in [-0.15, -0.1) is 0 Å². The number of aliphatic hydroxyl groups is 1. The topological polar surface area (TPSA) is 57.6 Å². The van der Waals surface area contributed by atoms with Crippen molar-refractivity contribution in [3.63, 3.8) is 0 Å². The summed E-state index contributed by atoms with van der Waals surface area (Å²) in [6.07, 6.45) is 0. The first-order valence-electron chi connectivity index (χ1n) is 11.3. The second-order valence-corrected chi connectivity index (χ2v) is 10.4. The van der Waals surface area contributed by atoms with Crippen LogP contribution in [0, 0.1) is 19.7 Å². The van der Waals surface area contributed by atoms with Gasteiger partial charge in [-0.3, -0.25) is 14.5 Å². The predicted octanol–water partition coefficient (Wildman–Crippen LogP) is 7.02. The molecule has 4 nitrogen and oxygen atoms in total. The smallest absolute Gasteiger partial charge is 0.300 e. The first kappa shape index (κ1) is 24.7. The van der Waals surface area contributed by atoms with Crippen molar-refractivity contribution in [2.24, 2.45) is 0 Å². The highest BCUT2D eigenvalue weighted by Gasteiger charge is 2.47. The minimum Gasteiger partial charge on any atom is -0.507 e. The summed E-state index contributed by atoms with van der Waals surface area (Å²) in [6, 6.07) is 16.0. The van der Waals surface area contributed by atoms with E-state index in [9.17, 15) is 19.1 Å². The summed E-state index contributed by atoms with van der Waals surface area (Å²) < 4.78 is 13.9. The third-order valence-electron chi connectivity index (χ3n) is 6.40. The largest absolute Gasteiger partial charge is 0.507 e. The highest BCUT2D eigenvalue weighted by atomic mass is 35.5. The highest BCUT2D eigenvalue weighted by Crippen LogP contribution is 2.44. The number of carbonyl (C=O) groups is 2. The first-order valence-corrected chi connectivity index (χ1v) is 11.7. The lowest BCUT2D eigenvalue weighted by Gasteiger charge is -2.28. The van der Waals surface area contributed by atoms with E-state index in [0.29, 0.717) is 21.8 Å². The van der Waals surface area contributed by atoms with Gasteiger partial charge in [-0.1, -0.05) is 62.7 Å². The number of halogens is 2. The molecular formula is C29H27ClFNO3. The SMILES string of the molecule is Cc1cc(/C(O)=C2\C(=O)C(=O)N(c3cc(Cl)ccc3C)C2c2ccc(C(C)(C)C)cc2)ccc1F. The molecule has 1 aliphatic rings. The molecule has 0 spiro atoms. The zero-order valence-electron chi connectivity index (χ0n) is 20.3. The van der Waals surface area contributed by atoms with Gasteiger partial charge >= 0.3 is 0 Å². The fraction of sp³-hybridized carbons (Fsp3) is 0.241. The van der Waals surface area contributed by atoms with Crippen molar-refractivity contribution in [3.8, 4) is 0 Å². The van der Waals surface area contributed by atoms with Crippen molar-refractivity contribution >= 4 is 34.7 Å². The molecule has 1 fully saturated rings. The van der Waals surface area contributed by atoms with Gasteiger partial charge in [-0.25, -0.2) is 4.39 Å². The predicted molar refractivity (Wildman–Crippen MR) is 137 cm³/mol. The lowest BCUT2D eigenvalue weighted by molar-refractivity contribution is -0.132. The van der Waals surface area contributed by atoms with E-state index < -0.39 is 23.5 Å². The van der Waals surface area contributed by atoms with Gasteiger partial charge in [0.05, 0.1) is 11.6 Å². The van der Waals surface area contributed by atoms with E-state index in [4.69, 9.17) is 11.6 Å². The molecule has 1 atom stereocenters. The minimum absolute atomic E-state index is 0.0520. The first-order chi connectivity index (χ1) is 16.4. The summed E-state index contributed by atoms with van der Waals surface area (Å²) >= 11 is 6.25. The standard InChI is InChI=1S/C29H27ClFNO3/c1-16-6-12-21(30)15-23(16)32-25(18-7-10-20(11-8-18)29(3,4)5)24(27(34)28(32)35)26(33)19-9-13-22(31)17(2)14-19/h6-15,25,33H,1-5H3/b26-24+. The zero-order chi connectivity index (χ0) is 25.7. The Labute approximate surface area is 209 Å². The Morgan fingerprint density at radius 3 is 2.20 bits per heavy atom. The number of hydrogen-bond acceptors (Lipinski definition) is 3. The molecule has 3 aromatic rings. The Hall–Kier alpha value is -3.44. The van der Waals surface area contributed by atoms with Gasteiger partial charge in [-0.2, -0.15) is 0 Å². The highest BCUT2D eigenvalue weighted by molar-refractivity contribution is 6.52. The molecule has 1 amide bonds. The Balaban J connectivity index is 1.97. The van der Waals surface area contributed by atoms with Gasteiger partial charge < -0.3 is 5.11 Å². The van der Waals surface area contributed by atoms with Crippen LogP contribution < -0.4 is 4.90 Å². The molecule has 180 valence electrons. The molecule has 1 unspecified atom stereocenters. The molecular weight excluding hydrogens is 465 g/mol. The second kappa shape index (κ2) is 8.97. The van der Waals surface area contributed by atoms with Crippen molar-refractivity contribution in [2.45, 2.75) is 46.1 Å². The van der Waals surface area contributed by atoms with E-state index in [1.807, 2.05) is 31.2 Å². The van der Waals surface area contributed by atoms with Gasteiger partial charge in [-0.05, 0) is 71.8 Å². The van der Waals surface area contributed by atoms with E-state index in [1.54, 1.807) is 25.1 Å². The second-order valence-electron chi connectivity index (χ2n) is 9.94. The maximum absolute atomic E-state index is 13.9. The zero-order valence-corrected chi connectivity index (χ0v) is 21.1. The van der Waals surface area contributed by atoms with Gasteiger partial charge in [0, 0.05) is 16.3 Å². The van der Waals surface area contributed by atoms with Crippen LogP contribution in [0.4, 0.5) is 10.1 Å². The Morgan fingerprint density at radius 1 is 0.943 bits per heavy atom. The van der Waals surface area contributed by atoms with E-state index in [2.05, 4.69) is 20.8 Å². The van der Waals surface area contributed by atoms with Crippen LogP contribution in [0.15, 0.2) is 66.2 Å². The van der Waals surface area contributed by atoms with Crippen LogP contribution in [0.25, 0.3) is 5.76 Å². The number of aryl methyl sites for hydroxylation is 2. The number of ketones is 1. The molecule has 3 aromatic carbocycles. The number of rotatable bonds is 3. The Bertz CT molecular complexity index is 1370. The van der Waals surface area contributed by atoms with Crippen LogP contribution in [0.2, 0.25) is 5.02 Å². The maximum atomic E-state index is 13.9. The molecule has 0 aromatic heterocycles. The maximum Gasteiger partial charge on any atom is 0.300 e. The van der Waals surface area contributed by atoms with Crippen molar-refractivity contribution in [3.05, 3.63) is 105 Å². The normalized spacial score (nSPS) is 17.8. The van der Waals surface area contributed by atoms with Crippen LogP contribution in [0.5, 0.6) is 0 Å². The summed E-state index contributed by atoms with van der Waals surface area (Å²) in [6.45, 7) is 9.69.